The summed E-state index contributed by atoms with van der Waals surface area (Å²) in [5.41, 5.74) is 0.187. The number of hydrogen-bond donors (Lipinski definition) is 2. The zero-order chi connectivity index (χ0) is 16.2. The van der Waals surface area contributed by atoms with Gasteiger partial charge in [-0.05, 0) is 32.4 Å². The van der Waals surface area contributed by atoms with Crippen LogP contribution >= 0.6 is 23.2 Å². The van der Waals surface area contributed by atoms with Crippen molar-refractivity contribution in [3.8, 4) is 0 Å². The average molecular weight is 333 g/mol. The summed E-state index contributed by atoms with van der Waals surface area (Å²) in [7, 11) is 0. The maximum atomic E-state index is 12.2. The van der Waals surface area contributed by atoms with Gasteiger partial charge in [-0.2, -0.15) is 0 Å². The van der Waals surface area contributed by atoms with Crippen LogP contribution in [0.5, 0.6) is 0 Å². The van der Waals surface area contributed by atoms with Gasteiger partial charge in [0.15, 0.2) is 0 Å². The summed E-state index contributed by atoms with van der Waals surface area (Å²) in [6.45, 7) is 6.35. The number of carboxylic acids is 1. The number of carboxylic acid groups (broad SMARTS) is 1. The summed E-state index contributed by atoms with van der Waals surface area (Å²) < 4.78 is 0. The first-order valence-corrected chi connectivity index (χ1v) is 7.37. The summed E-state index contributed by atoms with van der Waals surface area (Å²) in [5.74, 6) is -1.13. The lowest BCUT2D eigenvalue weighted by molar-refractivity contribution is 0.0697. The number of carbonyl (C=O) groups is 2. The monoisotopic (exact) mass is 332 g/mol. The van der Waals surface area contributed by atoms with Gasteiger partial charge >= 0.3 is 12.0 Å². The number of halogens is 2. The number of urea groups is 1. The van der Waals surface area contributed by atoms with Gasteiger partial charge < -0.3 is 15.3 Å². The topological polar surface area (TPSA) is 69.6 Å². The highest BCUT2D eigenvalue weighted by molar-refractivity contribution is 6.40. The van der Waals surface area contributed by atoms with Gasteiger partial charge in [0.25, 0.3) is 0 Å². The van der Waals surface area contributed by atoms with Crippen molar-refractivity contribution >= 4 is 40.9 Å². The minimum absolute atomic E-state index is 0.0303. The molecule has 5 nitrogen and oxygen atoms in total. The molecule has 1 aromatic carbocycles. The summed E-state index contributed by atoms with van der Waals surface area (Å²) in [5, 5.41) is 11.7. The molecule has 1 aromatic rings. The highest BCUT2D eigenvalue weighted by atomic mass is 35.5. The lowest BCUT2D eigenvalue weighted by Crippen LogP contribution is -2.41. The van der Waals surface area contributed by atoms with E-state index in [-0.39, 0.29) is 33.4 Å². The highest BCUT2D eigenvalue weighted by Crippen LogP contribution is 2.32. The van der Waals surface area contributed by atoms with E-state index in [1.165, 1.54) is 12.1 Å². The molecule has 2 amide bonds. The third-order valence-corrected chi connectivity index (χ3v) is 3.84. The molecule has 1 unspecified atom stereocenters. The van der Waals surface area contributed by atoms with Crippen LogP contribution in [0.2, 0.25) is 10.0 Å². The largest absolute Gasteiger partial charge is 0.478 e. The molecule has 2 N–H and O–H groups in total. The Morgan fingerprint density at radius 1 is 1.29 bits per heavy atom. The number of nitrogens with one attached hydrogen (secondary N) is 1. The second kappa shape index (κ2) is 7.52. The Balaban J connectivity index is 3.02. The van der Waals surface area contributed by atoms with Crippen molar-refractivity contribution in [2.24, 2.45) is 0 Å². The molecule has 0 aromatic heterocycles. The molecular weight excluding hydrogens is 315 g/mol. The van der Waals surface area contributed by atoms with Gasteiger partial charge in [0, 0.05) is 12.6 Å². The normalized spacial score (nSPS) is 11.9. The van der Waals surface area contributed by atoms with Gasteiger partial charge in [-0.1, -0.05) is 30.1 Å². The number of amides is 2. The molecule has 0 spiro atoms. The van der Waals surface area contributed by atoms with Gasteiger partial charge in [-0.3, -0.25) is 0 Å². The van der Waals surface area contributed by atoms with Crippen LogP contribution < -0.4 is 5.32 Å². The fraction of sp³-hybridized carbons (Fsp3) is 0.429. The molecule has 1 atom stereocenters. The van der Waals surface area contributed by atoms with Crippen LogP contribution in [-0.4, -0.2) is 34.6 Å². The SMILES string of the molecule is CCC(C)N(CC)C(=O)Nc1c(Cl)cc(C(=O)O)cc1Cl. The third-order valence-electron chi connectivity index (χ3n) is 3.25. The fourth-order valence-electron chi connectivity index (χ4n) is 1.87. The number of rotatable bonds is 5. The van der Waals surface area contributed by atoms with Crippen molar-refractivity contribution in [1.29, 1.82) is 0 Å². The van der Waals surface area contributed by atoms with Crippen molar-refractivity contribution in [3.05, 3.63) is 27.7 Å². The van der Waals surface area contributed by atoms with Crippen molar-refractivity contribution in [2.45, 2.75) is 33.2 Å². The van der Waals surface area contributed by atoms with Crippen LogP contribution in [0.25, 0.3) is 0 Å². The second-order valence-electron chi connectivity index (χ2n) is 4.59. The molecule has 0 fully saturated rings. The van der Waals surface area contributed by atoms with Crippen molar-refractivity contribution in [3.63, 3.8) is 0 Å². The quantitative estimate of drug-likeness (QED) is 0.842. The molecule has 0 radical (unpaired) electrons. The zero-order valence-corrected chi connectivity index (χ0v) is 13.6. The van der Waals surface area contributed by atoms with Gasteiger partial charge in [0.2, 0.25) is 0 Å². The molecule has 0 aliphatic rings. The van der Waals surface area contributed by atoms with Gasteiger partial charge in [-0.25, -0.2) is 9.59 Å². The van der Waals surface area contributed by atoms with Crippen LogP contribution in [0.15, 0.2) is 12.1 Å². The third kappa shape index (κ3) is 4.25. The van der Waals surface area contributed by atoms with E-state index < -0.39 is 5.97 Å². The van der Waals surface area contributed by atoms with Crippen LogP contribution in [-0.2, 0) is 0 Å². The van der Waals surface area contributed by atoms with Crippen LogP contribution in [0.1, 0.15) is 37.6 Å². The minimum atomic E-state index is -1.13. The lowest BCUT2D eigenvalue weighted by Gasteiger charge is -2.27. The number of aromatic carboxylic acids is 1. The summed E-state index contributed by atoms with van der Waals surface area (Å²) >= 11 is 12.0. The van der Waals surface area contributed by atoms with E-state index in [1.807, 2.05) is 20.8 Å². The van der Waals surface area contributed by atoms with Crippen molar-refractivity contribution in [2.75, 3.05) is 11.9 Å². The van der Waals surface area contributed by atoms with Crippen LogP contribution in [0.4, 0.5) is 10.5 Å². The maximum absolute atomic E-state index is 12.2. The molecular formula is C14H18Cl2N2O3. The van der Waals surface area contributed by atoms with E-state index in [4.69, 9.17) is 28.3 Å². The molecule has 0 bridgehead atoms. The summed E-state index contributed by atoms with van der Waals surface area (Å²) in [6.07, 6.45) is 0.820. The van der Waals surface area contributed by atoms with Crippen molar-refractivity contribution in [1.82, 2.24) is 4.90 Å². The van der Waals surface area contributed by atoms with E-state index in [2.05, 4.69) is 5.32 Å². The average Bonchev–Trinajstić information content (AvgIpc) is 2.42. The Morgan fingerprint density at radius 2 is 1.81 bits per heavy atom. The van der Waals surface area contributed by atoms with Gasteiger partial charge in [-0.15, -0.1) is 0 Å². The second-order valence-corrected chi connectivity index (χ2v) is 5.41. The summed E-state index contributed by atoms with van der Waals surface area (Å²) in [6, 6.07) is 2.26. The standard InChI is InChI=1S/C14H18Cl2N2O3/c1-4-8(3)18(5-2)14(21)17-12-10(15)6-9(13(19)20)7-11(12)16/h6-8H,4-5H2,1-3H3,(H,17,21)(H,19,20). The number of hydrogen-bond acceptors (Lipinski definition) is 2. The fourth-order valence-corrected chi connectivity index (χ4v) is 2.45. The smallest absolute Gasteiger partial charge is 0.335 e. The molecule has 21 heavy (non-hydrogen) atoms. The minimum Gasteiger partial charge on any atom is -0.478 e. The molecule has 0 saturated carbocycles. The molecule has 0 aliphatic heterocycles. The molecule has 7 heteroatoms. The first kappa shape index (κ1) is 17.6. The molecule has 0 saturated heterocycles. The molecule has 0 heterocycles. The van der Waals surface area contributed by atoms with E-state index in [1.54, 1.807) is 4.90 Å². The number of anilines is 1. The lowest BCUT2D eigenvalue weighted by atomic mass is 10.2. The molecule has 116 valence electrons. The van der Waals surface area contributed by atoms with E-state index >= 15 is 0 Å². The van der Waals surface area contributed by atoms with Crippen LogP contribution in [0, 0.1) is 0 Å². The Morgan fingerprint density at radius 3 is 2.19 bits per heavy atom. The predicted molar refractivity (Wildman–Crippen MR) is 84.6 cm³/mol. The Hall–Kier alpha value is -1.46. The zero-order valence-electron chi connectivity index (χ0n) is 12.1. The Labute approximate surface area is 133 Å². The molecule has 0 aliphatic carbocycles. The number of carbonyl (C=O) groups excluding carboxylic acids is 1. The first-order chi connectivity index (χ1) is 9.81. The molecule has 1 rings (SSSR count). The summed E-state index contributed by atoms with van der Waals surface area (Å²) in [4.78, 5) is 24.8. The van der Waals surface area contributed by atoms with E-state index in [0.717, 1.165) is 6.42 Å². The van der Waals surface area contributed by atoms with Gasteiger partial charge in [0.05, 0.1) is 21.3 Å². The predicted octanol–water partition coefficient (Wildman–Crippen LogP) is 4.34. The maximum Gasteiger partial charge on any atom is 0.335 e. The first-order valence-electron chi connectivity index (χ1n) is 6.61. The van der Waals surface area contributed by atoms with E-state index in [9.17, 15) is 9.59 Å². The Kier molecular flexibility index (Phi) is 6.30. The number of nitrogens with zero attached hydrogens (tertiary/aromatic N) is 1. The van der Waals surface area contributed by atoms with Gasteiger partial charge in [0.1, 0.15) is 0 Å². The van der Waals surface area contributed by atoms with E-state index in [0.29, 0.717) is 6.54 Å². The highest BCUT2D eigenvalue weighted by Gasteiger charge is 2.20. The van der Waals surface area contributed by atoms with Crippen molar-refractivity contribution < 1.29 is 14.7 Å². The van der Waals surface area contributed by atoms with Crippen LogP contribution in [0.3, 0.4) is 0 Å². The number of benzene rings is 1. The Bertz CT molecular complexity index is 526.